The van der Waals surface area contributed by atoms with Gasteiger partial charge in [0.15, 0.2) is 5.11 Å². The summed E-state index contributed by atoms with van der Waals surface area (Å²) in [6.07, 6.45) is 6.41. The number of hydrogen-bond acceptors (Lipinski definition) is 3. The van der Waals surface area contributed by atoms with Gasteiger partial charge in [-0.15, -0.1) is 0 Å². The highest BCUT2D eigenvalue weighted by molar-refractivity contribution is 7.80. The van der Waals surface area contributed by atoms with Gasteiger partial charge in [-0.05, 0) is 80.9 Å². The first-order valence-corrected chi connectivity index (χ1v) is 11.8. The summed E-state index contributed by atoms with van der Waals surface area (Å²) in [5, 5.41) is 7.16. The number of carbonyl (C=O) groups is 1. The Morgan fingerprint density at radius 2 is 2.03 bits per heavy atom. The van der Waals surface area contributed by atoms with Gasteiger partial charge in [0.25, 0.3) is 0 Å². The Bertz CT molecular complexity index is 1140. The Morgan fingerprint density at radius 1 is 1.21 bits per heavy atom. The van der Waals surface area contributed by atoms with Crippen molar-refractivity contribution in [2.75, 3.05) is 11.9 Å². The molecule has 33 heavy (non-hydrogen) atoms. The van der Waals surface area contributed by atoms with Crippen LogP contribution >= 0.6 is 12.2 Å². The van der Waals surface area contributed by atoms with E-state index in [4.69, 9.17) is 12.2 Å². The normalized spacial score (nSPS) is 18.0. The number of pyridine rings is 1. The molecule has 7 heteroatoms. The van der Waals surface area contributed by atoms with E-state index in [2.05, 4.69) is 57.4 Å². The first-order chi connectivity index (χ1) is 15.8. The van der Waals surface area contributed by atoms with Crippen LogP contribution in [-0.4, -0.2) is 32.0 Å². The molecule has 1 amide bonds. The van der Waals surface area contributed by atoms with E-state index in [1.807, 2.05) is 50.2 Å². The molecule has 0 aliphatic carbocycles. The summed E-state index contributed by atoms with van der Waals surface area (Å²) in [4.78, 5) is 19.5. The third-order valence-electron chi connectivity index (χ3n) is 6.12. The average Bonchev–Trinajstić information content (AvgIpc) is 3.40. The van der Waals surface area contributed by atoms with Crippen molar-refractivity contribution < 1.29 is 4.79 Å². The summed E-state index contributed by atoms with van der Waals surface area (Å²) >= 11 is 5.72. The van der Waals surface area contributed by atoms with Crippen molar-refractivity contribution in [2.24, 2.45) is 0 Å². The number of benzene rings is 1. The van der Waals surface area contributed by atoms with Crippen molar-refractivity contribution in [1.82, 2.24) is 19.8 Å². The van der Waals surface area contributed by atoms with Gasteiger partial charge >= 0.3 is 0 Å². The summed E-state index contributed by atoms with van der Waals surface area (Å²) in [6, 6.07) is 14.4. The van der Waals surface area contributed by atoms with Crippen LogP contribution in [-0.2, 0) is 4.79 Å². The van der Waals surface area contributed by atoms with Gasteiger partial charge in [0.1, 0.15) is 0 Å². The van der Waals surface area contributed by atoms with Crippen LogP contribution in [0, 0.1) is 13.8 Å². The lowest BCUT2D eigenvalue weighted by Gasteiger charge is -2.27. The number of rotatable bonds is 7. The van der Waals surface area contributed by atoms with Crippen LogP contribution in [0.2, 0.25) is 0 Å². The highest BCUT2D eigenvalue weighted by atomic mass is 32.1. The van der Waals surface area contributed by atoms with Gasteiger partial charge in [-0.1, -0.05) is 18.2 Å². The third-order valence-corrected chi connectivity index (χ3v) is 6.47. The number of carbonyl (C=O) groups excluding carboxylic acids is 1. The van der Waals surface area contributed by atoms with E-state index in [-0.39, 0.29) is 18.0 Å². The third kappa shape index (κ3) is 5.09. The Morgan fingerprint density at radius 3 is 2.73 bits per heavy atom. The van der Waals surface area contributed by atoms with Gasteiger partial charge in [-0.3, -0.25) is 9.78 Å². The molecule has 0 bridgehead atoms. The van der Waals surface area contributed by atoms with E-state index in [1.54, 1.807) is 6.20 Å². The molecule has 0 unspecified atom stereocenters. The number of nitrogens with one attached hydrogen (secondary N) is 2. The standard InChI is InChI=1S/C26H31N5OS/c1-17(2)30-13-10-20(16-30)25-24(21-7-5-6-12-27-21)29-26(33)31(25)14-11-23(32)28-22-15-18(3)8-9-19(22)4/h5-10,12-13,15-17,24-25H,11,14H2,1-4H3,(H,28,32)(H,29,33)/t24-,25-/m0/s1. The maximum absolute atomic E-state index is 12.8. The number of amides is 1. The Labute approximate surface area is 201 Å². The zero-order valence-corrected chi connectivity index (χ0v) is 20.4. The maximum atomic E-state index is 12.8. The summed E-state index contributed by atoms with van der Waals surface area (Å²) in [6.45, 7) is 8.86. The molecule has 0 radical (unpaired) electrons. The van der Waals surface area contributed by atoms with Gasteiger partial charge in [0.2, 0.25) is 5.91 Å². The molecule has 2 atom stereocenters. The zero-order chi connectivity index (χ0) is 23.5. The van der Waals surface area contributed by atoms with Crippen molar-refractivity contribution >= 4 is 28.9 Å². The number of aromatic nitrogens is 2. The molecule has 1 aromatic carbocycles. The molecule has 4 rings (SSSR count). The Kier molecular flexibility index (Phi) is 6.79. The van der Waals surface area contributed by atoms with E-state index in [0.29, 0.717) is 24.1 Å². The fraction of sp³-hybridized carbons (Fsp3) is 0.346. The molecule has 1 aliphatic heterocycles. The predicted molar refractivity (Wildman–Crippen MR) is 136 cm³/mol. The smallest absolute Gasteiger partial charge is 0.226 e. The molecular weight excluding hydrogens is 430 g/mol. The van der Waals surface area contributed by atoms with Crippen LogP contribution in [0.4, 0.5) is 5.69 Å². The summed E-state index contributed by atoms with van der Waals surface area (Å²) in [5.74, 6) is -0.0220. The summed E-state index contributed by atoms with van der Waals surface area (Å²) in [7, 11) is 0. The molecule has 6 nitrogen and oxygen atoms in total. The van der Waals surface area contributed by atoms with Gasteiger partial charge in [-0.2, -0.15) is 0 Å². The maximum Gasteiger partial charge on any atom is 0.226 e. The monoisotopic (exact) mass is 461 g/mol. The minimum absolute atomic E-state index is 0.0220. The van der Waals surface area contributed by atoms with Crippen molar-refractivity contribution in [2.45, 2.75) is 52.2 Å². The minimum atomic E-state index is -0.0798. The van der Waals surface area contributed by atoms with Gasteiger partial charge < -0.3 is 20.1 Å². The van der Waals surface area contributed by atoms with Crippen molar-refractivity contribution in [3.8, 4) is 0 Å². The van der Waals surface area contributed by atoms with Crippen molar-refractivity contribution in [1.29, 1.82) is 0 Å². The van der Waals surface area contributed by atoms with Crippen LogP contribution in [0.1, 0.15) is 60.8 Å². The second-order valence-corrected chi connectivity index (χ2v) is 9.31. The van der Waals surface area contributed by atoms with Crippen molar-refractivity contribution in [3.05, 3.63) is 83.4 Å². The second-order valence-electron chi connectivity index (χ2n) is 8.92. The topological polar surface area (TPSA) is 62.2 Å². The Balaban J connectivity index is 1.55. The highest BCUT2D eigenvalue weighted by Crippen LogP contribution is 2.39. The van der Waals surface area contributed by atoms with Gasteiger partial charge in [-0.25, -0.2) is 0 Å². The number of nitrogens with zero attached hydrogens (tertiary/aromatic N) is 3. The van der Waals surface area contributed by atoms with Crippen LogP contribution < -0.4 is 10.6 Å². The molecule has 0 saturated carbocycles. The molecule has 172 valence electrons. The van der Waals surface area contributed by atoms with E-state index < -0.39 is 0 Å². The predicted octanol–water partition coefficient (Wildman–Crippen LogP) is 5.08. The van der Waals surface area contributed by atoms with Gasteiger partial charge in [0, 0.05) is 43.3 Å². The largest absolute Gasteiger partial charge is 0.352 e. The molecule has 1 saturated heterocycles. The van der Waals surface area contributed by atoms with Crippen molar-refractivity contribution in [3.63, 3.8) is 0 Å². The number of anilines is 1. The molecule has 3 heterocycles. The SMILES string of the molecule is Cc1ccc(C)c(NC(=O)CCN2C(=S)N[C@@H](c3ccccn3)[C@@H]2c2ccn(C(C)C)c2)c1. The first kappa shape index (κ1) is 23.0. The molecule has 1 aliphatic rings. The summed E-state index contributed by atoms with van der Waals surface area (Å²) in [5.41, 5.74) is 5.12. The Hall–Kier alpha value is -3.19. The van der Waals surface area contributed by atoms with E-state index in [1.165, 1.54) is 0 Å². The summed E-state index contributed by atoms with van der Waals surface area (Å²) < 4.78 is 2.19. The van der Waals surface area contributed by atoms with Crippen LogP contribution in [0.5, 0.6) is 0 Å². The number of thiocarbonyl (C=S) groups is 1. The fourth-order valence-corrected chi connectivity index (χ4v) is 4.57. The lowest BCUT2D eigenvalue weighted by Crippen LogP contribution is -2.32. The molecule has 1 fully saturated rings. The number of aryl methyl sites for hydroxylation is 2. The number of hydrogen-bond donors (Lipinski definition) is 2. The second kappa shape index (κ2) is 9.75. The lowest BCUT2D eigenvalue weighted by atomic mass is 9.99. The lowest BCUT2D eigenvalue weighted by molar-refractivity contribution is -0.116. The minimum Gasteiger partial charge on any atom is -0.352 e. The van der Waals surface area contributed by atoms with E-state index >= 15 is 0 Å². The van der Waals surface area contributed by atoms with Gasteiger partial charge in [0.05, 0.1) is 17.8 Å². The first-order valence-electron chi connectivity index (χ1n) is 11.4. The van der Waals surface area contributed by atoms with Crippen LogP contribution in [0.25, 0.3) is 0 Å². The zero-order valence-electron chi connectivity index (χ0n) is 19.6. The molecule has 3 aromatic rings. The quantitative estimate of drug-likeness (QED) is 0.481. The van der Waals surface area contributed by atoms with Crippen LogP contribution in [0.15, 0.2) is 61.1 Å². The molecular formula is C26H31N5OS. The fourth-order valence-electron chi connectivity index (χ4n) is 4.24. The van der Waals surface area contributed by atoms with E-state index in [9.17, 15) is 4.79 Å². The molecule has 2 N–H and O–H groups in total. The average molecular weight is 462 g/mol. The highest BCUT2D eigenvalue weighted by Gasteiger charge is 2.40. The van der Waals surface area contributed by atoms with E-state index in [0.717, 1.165) is 28.1 Å². The van der Waals surface area contributed by atoms with Crippen LogP contribution in [0.3, 0.4) is 0 Å². The molecule has 2 aromatic heterocycles. The molecule has 0 spiro atoms.